The lowest BCUT2D eigenvalue weighted by molar-refractivity contribution is 0.199. The van der Waals surface area contributed by atoms with Crippen LogP contribution in [0.2, 0.25) is 0 Å². The number of aliphatic hydroxyl groups excluding tert-OH is 1. The Morgan fingerprint density at radius 3 is 2.19 bits per heavy atom. The summed E-state index contributed by atoms with van der Waals surface area (Å²) in [6.07, 6.45) is 0.824. The highest BCUT2D eigenvalue weighted by molar-refractivity contribution is 5.47. The Labute approximate surface area is 98.9 Å². The van der Waals surface area contributed by atoms with Crippen LogP contribution in [0.15, 0.2) is 24.3 Å². The lowest BCUT2D eigenvalue weighted by Gasteiger charge is -2.23. The summed E-state index contributed by atoms with van der Waals surface area (Å²) in [5, 5.41) is 9.42. The maximum atomic E-state index is 9.42. The molecule has 16 heavy (non-hydrogen) atoms. The molecule has 1 rings (SSSR count). The van der Waals surface area contributed by atoms with Crippen LogP contribution < -0.4 is 4.90 Å². The highest BCUT2D eigenvalue weighted by Crippen LogP contribution is 2.19. The first kappa shape index (κ1) is 13.0. The van der Waals surface area contributed by atoms with Gasteiger partial charge in [-0.2, -0.15) is 0 Å². The zero-order valence-electron chi connectivity index (χ0n) is 10.8. The molecule has 0 aromatic heterocycles. The molecule has 1 aromatic rings. The second kappa shape index (κ2) is 5.90. The van der Waals surface area contributed by atoms with Crippen LogP contribution in [0.4, 0.5) is 5.69 Å². The molecule has 1 aromatic carbocycles. The first-order valence-electron chi connectivity index (χ1n) is 6.03. The van der Waals surface area contributed by atoms with Gasteiger partial charge in [0.05, 0.1) is 6.10 Å². The number of aliphatic hydroxyl groups is 1. The van der Waals surface area contributed by atoms with Gasteiger partial charge in [-0.25, -0.2) is 0 Å². The van der Waals surface area contributed by atoms with E-state index in [1.54, 1.807) is 6.92 Å². The van der Waals surface area contributed by atoms with E-state index in [-0.39, 0.29) is 6.10 Å². The molecule has 1 N–H and O–H groups in total. The summed E-state index contributed by atoms with van der Waals surface area (Å²) in [7, 11) is 2.11. The van der Waals surface area contributed by atoms with Crippen molar-refractivity contribution in [1.29, 1.82) is 0 Å². The minimum Gasteiger partial charge on any atom is -0.389 e. The number of hydrogen-bond donors (Lipinski definition) is 1. The third kappa shape index (κ3) is 3.53. The normalized spacial score (nSPS) is 14.6. The average molecular weight is 221 g/mol. The minimum absolute atomic E-state index is 0.381. The summed E-state index contributed by atoms with van der Waals surface area (Å²) in [5.41, 5.74) is 2.19. The molecule has 0 aliphatic heterocycles. The van der Waals surface area contributed by atoms with Crippen molar-refractivity contribution >= 4 is 5.69 Å². The molecule has 0 bridgehead atoms. The molecule has 90 valence electrons. The molecule has 0 fully saturated rings. The van der Waals surface area contributed by atoms with Crippen molar-refractivity contribution in [1.82, 2.24) is 0 Å². The Morgan fingerprint density at radius 2 is 1.75 bits per heavy atom. The molecular weight excluding hydrogens is 198 g/mol. The van der Waals surface area contributed by atoms with Crippen LogP contribution >= 0.6 is 0 Å². The fourth-order valence-corrected chi connectivity index (χ4v) is 1.71. The van der Waals surface area contributed by atoms with E-state index in [1.807, 2.05) is 12.1 Å². The van der Waals surface area contributed by atoms with E-state index < -0.39 is 0 Å². The van der Waals surface area contributed by atoms with Gasteiger partial charge in [-0.1, -0.05) is 32.4 Å². The van der Waals surface area contributed by atoms with Crippen LogP contribution in [0.25, 0.3) is 0 Å². The van der Waals surface area contributed by atoms with Crippen molar-refractivity contribution in [2.24, 2.45) is 5.92 Å². The van der Waals surface area contributed by atoms with Crippen molar-refractivity contribution in [3.05, 3.63) is 29.8 Å². The summed E-state index contributed by atoms with van der Waals surface area (Å²) < 4.78 is 0. The second-order valence-corrected chi connectivity index (χ2v) is 4.66. The smallest absolute Gasteiger partial charge is 0.0761 e. The van der Waals surface area contributed by atoms with Crippen molar-refractivity contribution in [3.63, 3.8) is 0 Å². The van der Waals surface area contributed by atoms with Crippen LogP contribution in [0, 0.1) is 5.92 Å². The second-order valence-electron chi connectivity index (χ2n) is 4.66. The van der Waals surface area contributed by atoms with Crippen molar-refractivity contribution < 1.29 is 5.11 Å². The Bertz CT molecular complexity index is 305. The quantitative estimate of drug-likeness (QED) is 0.825. The first-order valence-corrected chi connectivity index (χ1v) is 6.03. The molecule has 0 amide bonds. The lowest BCUT2D eigenvalue weighted by Crippen LogP contribution is -2.23. The number of rotatable bonds is 5. The third-order valence-corrected chi connectivity index (χ3v) is 3.10. The molecule has 2 unspecified atom stereocenters. The molecular formula is C14H23NO. The monoisotopic (exact) mass is 221 g/mol. The van der Waals surface area contributed by atoms with Gasteiger partial charge in [0.1, 0.15) is 0 Å². The molecule has 0 spiro atoms. The topological polar surface area (TPSA) is 23.5 Å². The highest BCUT2D eigenvalue weighted by atomic mass is 16.3. The molecule has 0 saturated carbocycles. The molecule has 0 aliphatic rings. The Balaban J connectivity index is 2.66. The van der Waals surface area contributed by atoms with E-state index in [2.05, 4.69) is 37.9 Å². The lowest BCUT2D eigenvalue weighted by atomic mass is 10.1. The van der Waals surface area contributed by atoms with Crippen LogP contribution in [-0.2, 0) is 0 Å². The highest BCUT2D eigenvalue weighted by Gasteiger charge is 2.06. The van der Waals surface area contributed by atoms with Gasteiger partial charge in [-0.05, 0) is 30.5 Å². The fraction of sp³-hybridized carbons (Fsp3) is 0.571. The predicted octanol–water partition coefficient (Wildman–Crippen LogP) is 3.22. The van der Waals surface area contributed by atoms with Crippen LogP contribution in [0.1, 0.15) is 38.9 Å². The van der Waals surface area contributed by atoms with E-state index in [9.17, 15) is 5.11 Å². The largest absolute Gasteiger partial charge is 0.389 e. The number of anilines is 1. The van der Waals surface area contributed by atoms with Crippen LogP contribution in [0.5, 0.6) is 0 Å². The molecule has 2 heteroatoms. The molecule has 2 atom stereocenters. The summed E-state index contributed by atoms with van der Waals surface area (Å²) in [4.78, 5) is 2.26. The summed E-state index contributed by atoms with van der Waals surface area (Å²) >= 11 is 0. The van der Waals surface area contributed by atoms with Crippen molar-refractivity contribution in [3.8, 4) is 0 Å². The van der Waals surface area contributed by atoms with Crippen LogP contribution in [0.3, 0.4) is 0 Å². The van der Waals surface area contributed by atoms with E-state index in [0.29, 0.717) is 5.92 Å². The SMILES string of the molecule is CCC(C)CN(C)c1ccc(C(C)O)cc1. The Kier molecular flexibility index (Phi) is 4.81. The van der Waals surface area contributed by atoms with Gasteiger partial charge in [0.15, 0.2) is 0 Å². The van der Waals surface area contributed by atoms with E-state index in [4.69, 9.17) is 0 Å². The third-order valence-electron chi connectivity index (χ3n) is 3.10. The Morgan fingerprint density at radius 1 is 1.19 bits per heavy atom. The zero-order valence-corrected chi connectivity index (χ0v) is 10.8. The maximum Gasteiger partial charge on any atom is 0.0761 e. The Hall–Kier alpha value is -1.02. The predicted molar refractivity (Wildman–Crippen MR) is 69.8 cm³/mol. The summed E-state index contributed by atoms with van der Waals surface area (Å²) in [6.45, 7) is 7.35. The number of hydrogen-bond acceptors (Lipinski definition) is 2. The molecule has 0 heterocycles. The van der Waals surface area contributed by atoms with E-state index in [0.717, 1.165) is 12.1 Å². The first-order chi connectivity index (χ1) is 7.54. The van der Waals surface area contributed by atoms with Gasteiger partial charge in [0, 0.05) is 19.3 Å². The molecule has 0 radical (unpaired) electrons. The summed E-state index contributed by atoms with van der Waals surface area (Å²) in [5.74, 6) is 0.710. The molecule has 2 nitrogen and oxygen atoms in total. The average Bonchev–Trinajstić information content (AvgIpc) is 2.28. The minimum atomic E-state index is -0.381. The molecule has 0 saturated heterocycles. The van der Waals surface area contributed by atoms with E-state index in [1.165, 1.54) is 12.1 Å². The molecule has 0 aliphatic carbocycles. The maximum absolute atomic E-state index is 9.42. The van der Waals surface area contributed by atoms with Gasteiger partial charge in [0.25, 0.3) is 0 Å². The van der Waals surface area contributed by atoms with Gasteiger partial charge < -0.3 is 10.0 Å². The van der Waals surface area contributed by atoms with Crippen molar-refractivity contribution in [2.45, 2.75) is 33.3 Å². The van der Waals surface area contributed by atoms with Crippen molar-refractivity contribution in [2.75, 3.05) is 18.5 Å². The van der Waals surface area contributed by atoms with Gasteiger partial charge in [-0.3, -0.25) is 0 Å². The zero-order chi connectivity index (χ0) is 12.1. The van der Waals surface area contributed by atoms with Crippen LogP contribution in [-0.4, -0.2) is 18.7 Å². The van der Waals surface area contributed by atoms with Gasteiger partial charge >= 0.3 is 0 Å². The number of benzene rings is 1. The van der Waals surface area contributed by atoms with Gasteiger partial charge in [0.2, 0.25) is 0 Å². The number of nitrogens with zero attached hydrogens (tertiary/aromatic N) is 1. The van der Waals surface area contributed by atoms with Gasteiger partial charge in [-0.15, -0.1) is 0 Å². The standard InChI is InChI=1S/C14H23NO/c1-5-11(2)10-15(4)14-8-6-13(7-9-14)12(3)16/h6-9,11-12,16H,5,10H2,1-4H3. The van der Waals surface area contributed by atoms with E-state index >= 15 is 0 Å². The fourth-order valence-electron chi connectivity index (χ4n) is 1.71. The summed E-state index contributed by atoms with van der Waals surface area (Å²) in [6, 6.07) is 8.13.